The van der Waals surface area contributed by atoms with Gasteiger partial charge in [-0.3, -0.25) is 4.57 Å². The summed E-state index contributed by atoms with van der Waals surface area (Å²) in [4.78, 5) is 9.79. The number of pyridine rings is 1. The summed E-state index contributed by atoms with van der Waals surface area (Å²) in [6.45, 7) is 7.55. The van der Waals surface area contributed by atoms with Crippen molar-refractivity contribution in [3.05, 3.63) is 139 Å². The van der Waals surface area contributed by atoms with Crippen LogP contribution in [0.1, 0.15) is 26.3 Å². The van der Waals surface area contributed by atoms with Crippen LogP contribution in [-0.2, 0) is 12.5 Å². The molecule has 3 aromatic heterocycles. The van der Waals surface area contributed by atoms with Crippen molar-refractivity contribution >= 4 is 71.4 Å². The minimum absolute atomic E-state index is 0.0611. The summed E-state index contributed by atoms with van der Waals surface area (Å²) in [5.74, 6) is 2.48. The van der Waals surface area contributed by atoms with Crippen LogP contribution in [0, 0.1) is 0 Å². The summed E-state index contributed by atoms with van der Waals surface area (Å²) in [7, 11) is 4.30. The molecule has 0 N–H and O–H groups in total. The van der Waals surface area contributed by atoms with Crippen LogP contribution in [0.2, 0.25) is 0 Å². The summed E-state index contributed by atoms with van der Waals surface area (Å²) in [5, 5.41) is 7.19. The van der Waals surface area contributed by atoms with Crippen molar-refractivity contribution in [3.8, 4) is 17.3 Å². The lowest BCUT2D eigenvalue weighted by Crippen LogP contribution is -2.24. The zero-order chi connectivity index (χ0) is 35.3. The van der Waals surface area contributed by atoms with Gasteiger partial charge in [0.25, 0.3) is 0 Å². The fourth-order valence-corrected chi connectivity index (χ4v) is 8.12. The molecule has 0 aliphatic carbocycles. The molecule has 0 spiro atoms. The topological polar surface area (TPSA) is 38.5 Å². The summed E-state index contributed by atoms with van der Waals surface area (Å²) < 4.78 is 11.4. The van der Waals surface area contributed by atoms with Gasteiger partial charge in [0.15, 0.2) is 0 Å². The Kier molecular flexibility index (Phi) is 6.53. The van der Waals surface area contributed by atoms with Crippen LogP contribution in [0.4, 0.5) is 17.1 Å². The number of ether oxygens (including phenoxy) is 1. The minimum Gasteiger partial charge on any atom is -0.457 e. The lowest BCUT2D eigenvalue weighted by atomic mass is 9.86. The van der Waals surface area contributed by atoms with Crippen LogP contribution >= 0.6 is 0 Å². The van der Waals surface area contributed by atoms with E-state index in [1.807, 2.05) is 6.20 Å². The van der Waals surface area contributed by atoms with Gasteiger partial charge in [0.2, 0.25) is 0 Å². The van der Waals surface area contributed by atoms with E-state index in [2.05, 4.69) is 181 Å². The molecule has 254 valence electrons. The molecular weight excluding hydrogens is 639 g/mol. The van der Waals surface area contributed by atoms with Crippen LogP contribution in [0.25, 0.3) is 60.2 Å². The number of rotatable bonds is 4. The van der Waals surface area contributed by atoms with Gasteiger partial charge >= 0.3 is 0 Å². The summed E-state index contributed by atoms with van der Waals surface area (Å²) in [6, 6.07) is 45.6. The monoisotopic (exact) mass is 677 g/mol. The summed E-state index contributed by atoms with van der Waals surface area (Å²) >= 11 is 0. The highest BCUT2D eigenvalue weighted by atomic mass is 16.5. The molecule has 1 aliphatic rings. The highest BCUT2D eigenvalue weighted by Crippen LogP contribution is 2.43. The van der Waals surface area contributed by atoms with E-state index >= 15 is 0 Å². The zero-order valence-corrected chi connectivity index (χ0v) is 30.1. The summed E-state index contributed by atoms with van der Waals surface area (Å²) in [5.41, 5.74) is 9.23. The highest BCUT2D eigenvalue weighted by Gasteiger charge is 2.26. The molecule has 0 saturated carbocycles. The Labute approximate surface area is 302 Å². The first kappa shape index (κ1) is 30.5. The Balaban J connectivity index is 1.11. The van der Waals surface area contributed by atoms with E-state index in [9.17, 15) is 0 Å². The van der Waals surface area contributed by atoms with E-state index in [4.69, 9.17) is 9.72 Å². The maximum atomic E-state index is 6.81. The normalized spacial score (nSPS) is 13.3. The van der Waals surface area contributed by atoms with Gasteiger partial charge in [0.05, 0.1) is 34.6 Å². The standard InChI is InChI=1S/C46H39N5O/c1-46(2,3)31-22-32(50-28-48(4)40-16-10-11-17-41(40)50)24-34(23-31)52-33-18-19-36-35-14-8-9-15-39(35)51(44(36)25-33)45-26-43-38(27-47-45)37-20-29-12-6-7-13-30(29)21-42(37)49(43)5/h6-27H,28H2,1-5H3. The Morgan fingerprint density at radius 3 is 2.12 bits per heavy atom. The first-order valence-corrected chi connectivity index (χ1v) is 17.9. The van der Waals surface area contributed by atoms with Crippen LogP contribution in [0.5, 0.6) is 11.5 Å². The third-order valence-corrected chi connectivity index (χ3v) is 10.9. The second-order valence-electron chi connectivity index (χ2n) is 15.2. The van der Waals surface area contributed by atoms with E-state index in [-0.39, 0.29) is 5.41 Å². The van der Waals surface area contributed by atoms with Crippen LogP contribution < -0.4 is 14.5 Å². The van der Waals surface area contributed by atoms with Gasteiger partial charge in [-0.2, -0.15) is 0 Å². The number of anilines is 3. The molecule has 6 heteroatoms. The number of fused-ring (bicyclic) bond motifs is 8. The molecule has 0 fully saturated rings. The SMILES string of the molecule is CN1CN(c2cc(Oc3ccc4c5ccccc5n(-c5cc6c(cn5)c5cc7ccccc7cc5n6C)c4c3)cc(C(C)(C)C)c2)c2ccccc21. The van der Waals surface area contributed by atoms with Crippen LogP contribution in [0.3, 0.4) is 0 Å². The summed E-state index contributed by atoms with van der Waals surface area (Å²) in [6.07, 6.45) is 2.04. The first-order valence-electron chi connectivity index (χ1n) is 17.9. The van der Waals surface area contributed by atoms with Crippen LogP contribution in [0.15, 0.2) is 134 Å². The number of hydrogen-bond acceptors (Lipinski definition) is 4. The maximum absolute atomic E-state index is 6.81. The van der Waals surface area contributed by atoms with Crippen LogP contribution in [-0.4, -0.2) is 27.8 Å². The predicted molar refractivity (Wildman–Crippen MR) is 217 cm³/mol. The Morgan fingerprint density at radius 1 is 0.577 bits per heavy atom. The Hall–Kier alpha value is -6.27. The molecule has 6 nitrogen and oxygen atoms in total. The molecule has 0 atom stereocenters. The number of aryl methyl sites for hydroxylation is 1. The lowest BCUT2D eigenvalue weighted by molar-refractivity contribution is 0.479. The van der Waals surface area contributed by atoms with Gasteiger partial charge in [-0.25, -0.2) is 4.98 Å². The quantitative estimate of drug-likeness (QED) is 0.186. The average Bonchev–Trinajstić information content (AvgIpc) is 3.76. The molecule has 0 saturated heterocycles. The fourth-order valence-electron chi connectivity index (χ4n) is 8.12. The average molecular weight is 678 g/mol. The molecule has 9 aromatic rings. The lowest BCUT2D eigenvalue weighted by Gasteiger charge is -2.25. The molecule has 0 bridgehead atoms. The van der Waals surface area contributed by atoms with E-state index in [0.29, 0.717) is 0 Å². The van der Waals surface area contributed by atoms with Gasteiger partial charge in [0, 0.05) is 71.2 Å². The first-order chi connectivity index (χ1) is 25.2. The van der Waals surface area contributed by atoms with Gasteiger partial charge in [-0.05, 0) is 76.3 Å². The van der Waals surface area contributed by atoms with Crippen molar-refractivity contribution in [2.24, 2.45) is 7.05 Å². The van der Waals surface area contributed by atoms with E-state index < -0.39 is 0 Å². The minimum atomic E-state index is -0.0611. The third-order valence-electron chi connectivity index (χ3n) is 10.9. The Morgan fingerprint density at radius 2 is 1.29 bits per heavy atom. The van der Waals surface area contributed by atoms with Crippen molar-refractivity contribution in [2.75, 3.05) is 23.5 Å². The Bertz CT molecular complexity index is 2890. The highest BCUT2D eigenvalue weighted by molar-refractivity contribution is 6.13. The van der Waals surface area contributed by atoms with Gasteiger partial charge in [0.1, 0.15) is 17.3 Å². The van der Waals surface area contributed by atoms with E-state index in [1.54, 1.807) is 0 Å². The molecule has 52 heavy (non-hydrogen) atoms. The largest absolute Gasteiger partial charge is 0.457 e. The van der Waals surface area contributed by atoms with E-state index in [1.165, 1.54) is 44.0 Å². The van der Waals surface area contributed by atoms with Gasteiger partial charge in [-0.15, -0.1) is 0 Å². The fraction of sp³-hybridized carbons (Fsp3) is 0.152. The molecule has 0 amide bonds. The van der Waals surface area contributed by atoms with Crippen molar-refractivity contribution in [1.82, 2.24) is 14.1 Å². The molecule has 10 rings (SSSR count). The van der Waals surface area contributed by atoms with Gasteiger partial charge in [-0.1, -0.05) is 75.4 Å². The molecule has 6 aromatic carbocycles. The molecular formula is C46H39N5O. The van der Waals surface area contributed by atoms with Crippen molar-refractivity contribution in [1.29, 1.82) is 0 Å². The third kappa shape index (κ3) is 4.67. The molecule has 0 radical (unpaired) electrons. The number of aromatic nitrogens is 3. The molecule has 4 heterocycles. The number of para-hydroxylation sites is 3. The predicted octanol–water partition coefficient (Wildman–Crippen LogP) is 11.6. The van der Waals surface area contributed by atoms with Crippen molar-refractivity contribution in [3.63, 3.8) is 0 Å². The molecule has 0 unspecified atom stereocenters. The van der Waals surface area contributed by atoms with Crippen molar-refractivity contribution in [2.45, 2.75) is 26.2 Å². The maximum Gasteiger partial charge on any atom is 0.139 e. The number of hydrogen-bond donors (Lipinski definition) is 0. The van der Waals surface area contributed by atoms with Gasteiger partial charge < -0.3 is 19.1 Å². The second-order valence-corrected chi connectivity index (χ2v) is 15.2. The zero-order valence-electron chi connectivity index (χ0n) is 30.1. The smallest absolute Gasteiger partial charge is 0.139 e. The number of benzene rings is 6. The number of nitrogens with zero attached hydrogens (tertiary/aromatic N) is 5. The van der Waals surface area contributed by atoms with E-state index in [0.717, 1.165) is 57.0 Å². The van der Waals surface area contributed by atoms with Crippen molar-refractivity contribution < 1.29 is 4.74 Å². The second kappa shape index (κ2) is 11.1. The molecule has 1 aliphatic heterocycles.